The van der Waals surface area contributed by atoms with Gasteiger partial charge in [-0.3, -0.25) is 4.98 Å². The number of benzene rings is 2. The quantitative estimate of drug-likeness (QED) is 0.586. The number of amides is 1. The van der Waals surface area contributed by atoms with Gasteiger partial charge in [-0.1, -0.05) is 42.5 Å². The molecule has 1 aromatic heterocycles. The number of rotatable bonds is 5. The lowest BCUT2D eigenvalue weighted by Gasteiger charge is -2.19. The fourth-order valence-corrected chi connectivity index (χ4v) is 3.81. The first-order valence-electron chi connectivity index (χ1n) is 10.2. The van der Waals surface area contributed by atoms with E-state index in [0.717, 1.165) is 34.3 Å². The molecule has 0 radical (unpaired) electrons. The molecule has 2 aromatic carbocycles. The lowest BCUT2D eigenvalue weighted by atomic mass is 10.0. The molecule has 3 aromatic rings. The van der Waals surface area contributed by atoms with E-state index in [2.05, 4.69) is 18.2 Å². The number of ether oxygens (including phenoxy) is 2. The number of carbonyl (C=O) groups is 1. The van der Waals surface area contributed by atoms with Crippen LogP contribution in [0, 0.1) is 0 Å². The summed E-state index contributed by atoms with van der Waals surface area (Å²) >= 11 is 0. The standard InChI is InChI=1S/C24H26N2O3.ClH/c1-2-28-24(27)26-15-12-20-22(13-16-26)25-21-11-7-6-10-19(21)23(20)29-17-14-18-8-4-3-5-9-18;/h3-11H,2,12-17H2,1H3;1H. The monoisotopic (exact) mass is 426 g/mol. The maximum Gasteiger partial charge on any atom is 0.409 e. The summed E-state index contributed by atoms with van der Waals surface area (Å²) < 4.78 is 11.5. The number of halogens is 1. The molecular weight excluding hydrogens is 400 g/mol. The fourth-order valence-electron chi connectivity index (χ4n) is 3.81. The van der Waals surface area contributed by atoms with Gasteiger partial charge in [0.15, 0.2) is 0 Å². The average molecular weight is 427 g/mol. The first kappa shape index (κ1) is 21.9. The van der Waals surface area contributed by atoms with Crippen molar-refractivity contribution in [3.8, 4) is 5.75 Å². The van der Waals surface area contributed by atoms with Gasteiger partial charge < -0.3 is 14.4 Å². The summed E-state index contributed by atoms with van der Waals surface area (Å²) in [6, 6.07) is 18.5. The Morgan fingerprint density at radius 3 is 2.57 bits per heavy atom. The molecule has 0 fully saturated rings. The predicted molar refractivity (Wildman–Crippen MR) is 121 cm³/mol. The average Bonchev–Trinajstić information content (AvgIpc) is 2.97. The lowest BCUT2D eigenvalue weighted by Crippen LogP contribution is -2.33. The van der Waals surface area contributed by atoms with Gasteiger partial charge in [-0.15, -0.1) is 12.4 Å². The molecule has 0 atom stereocenters. The van der Waals surface area contributed by atoms with Crippen molar-refractivity contribution >= 4 is 29.4 Å². The van der Waals surface area contributed by atoms with Crippen molar-refractivity contribution in [3.63, 3.8) is 0 Å². The Bertz CT molecular complexity index is 994. The van der Waals surface area contributed by atoms with Crippen LogP contribution in [0.2, 0.25) is 0 Å². The molecule has 0 saturated carbocycles. The van der Waals surface area contributed by atoms with Crippen molar-refractivity contribution in [3.05, 3.63) is 71.4 Å². The Kier molecular flexibility index (Phi) is 7.52. The highest BCUT2D eigenvalue weighted by Crippen LogP contribution is 2.33. The zero-order chi connectivity index (χ0) is 20.1. The van der Waals surface area contributed by atoms with Gasteiger partial charge in [0, 0.05) is 42.6 Å². The highest BCUT2D eigenvalue weighted by atomic mass is 35.5. The molecule has 1 aliphatic heterocycles. The number of carbonyl (C=O) groups excluding carboxylic acids is 1. The maximum absolute atomic E-state index is 12.2. The number of pyridine rings is 1. The molecule has 5 nitrogen and oxygen atoms in total. The van der Waals surface area contributed by atoms with Crippen LogP contribution < -0.4 is 4.74 Å². The van der Waals surface area contributed by atoms with Crippen LogP contribution in [0.4, 0.5) is 4.79 Å². The predicted octanol–water partition coefficient (Wildman–Crippen LogP) is 4.84. The van der Waals surface area contributed by atoms with Crippen LogP contribution in [0.25, 0.3) is 10.9 Å². The van der Waals surface area contributed by atoms with Crippen LogP contribution in [-0.4, -0.2) is 42.3 Å². The normalized spacial score (nSPS) is 13.2. The van der Waals surface area contributed by atoms with Crippen molar-refractivity contribution < 1.29 is 14.3 Å². The molecule has 2 heterocycles. The van der Waals surface area contributed by atoms with E-state index in [9.17, 15) is 4.79 Å². The molecule has 6 heteroatoms. The minimum Gasteiger partial charge on any atom is -0.492 e. The van der Waals surface area contributed by atoms with Crippen molar-refractivity contribution in [1.82, 2.24) is 9.88 Å². The lowest BCUT2D eigenvalue weighted by molar-refractivity contribution is 0.109. The molecule has 30 heavy (non-hydrogen) atoms. The summed E-state index contributed by atoms with van der Waals surface area (Å²) in [5.41, 5.74) is 4.32. The van der Waals surface area contributed by atoms with E-state index in [1.807, 2.05) is 43.3 Å². The third-order valence-electron chi connectivity index (χ3n) is 5.28. The summed E-state index contributed by atoms with van der Waals surface area (Å²) in [6.45, 7) is 4.04. The Morgan fingerprint density at radius 1 is 1.03 bits per heavy atom. The largest absolute Gasteiger partial charge is 0.492 e. The minimum absolute atomic E-state index is 0. The third-order valence-corrected chi connectivity index (χ3v) is 5.28. The molecule has 1 aliphatic rings. The van der Waals surface area contributed by atoms with Gasteiger partial charge in [-0.25, -0.2) is 4.79 Å². The summed E-state index contributed by atoms with van der Waals surface area (Å²) in [6.07, 6.45) is 2.01. The number of nitrogens with zero attached hydrogens (tertiary/aromatic N) is 2. The molecule has 0 unspecified atom stereocenters. The third kappa shape index (κ3) is 4.85. The molecule has 158 valence electrons. The first-order valence-corrected chi connectivity index (χ1v) is 10.2. The van der Waals surface area contributed by atoms with Gasteiger partial charge in [0.05, 0.1) is 18.7 Å². The van der Waals surface area contributed by atoms with Gasteiger partial charge in [0.1, 0.15) is 5.75 Å². The molecule has 1 amide bonds. The number of para-hydroxylation sites is 1. The van der Waals surface area contributed by atoms with E-state index in [4.69, 9.17) is 14.5 Å². The molecule has 4 rings (SSSR count). The van der Waals surface area contributed by atoms with Crippen molar-refractivity contribution in [2.45, 2.75) is 26.2 Å². The number of fused-ring (bicyclic) bond motifs is 2. The summed E-state index contributed by atoms with van der Waals surface area (Å²) in [7, 11) is 0. The van der Waals surface area contributed by atoms with Gasteiger partial charge in [0.25, 0.3) is 0 Å². The smallest absolute Gasteiger partial charge is 0.409 e. The van der Waals surface area contributed by atoms with Crippen LogP contribution >= 0.6 is 12.4 Å². The van der Waals surface area contributed by atoms with Crippen molar-refractivity contribution in [1.29, 1.82) is 0 Å². The second kappa shape index (κ2) is 10.3. The van der Waals surface area contributed by atoms with Gasteiger partial charge in [-0.05, 0) is 31.0 Å². The molecule has 0 bridgehead atoms. The minimum atomic E-state index is -0.253. The summed E-state index contributed by atoms with van der Waals surface area (Å²) in [5.74, 6) is 0.909. The highest BCUT2D eigenvalue weighted by molar-refractivity contribution is 5.87. The molecule has 0 saturated heterocycles. The first-order chi connectivity index (χ1) is 14.3. The highest BCUT2D eigenvalue weighted by Gasteiger charge is 2.24. The second-order valence-electron chi connectivity index (χ2n) is 7.15. The fraction of sp³-hybridized carbons (Fsp3) is 0.333. The molecule has 0 aliphatic carbocycles. The Morgan fingerprint density at radius 2 is 1.77 bits per heavy atom. The van der Waals surface area contributed by atoms with Crippen LogP contribution in [0.3, 0.4) is 0 Å². The van der Waals surface area contributed by atoms with Crippen LogP contribution in [-0.2, 0) is 24.0 Å². The van der Waals surface area contributed by atoms with E-state index in [1.165, 1.54) is 5.56 Å². The van der Waals surface area contributed by atoms with E-state index in [0.29, 0.717) is 39.1 Å². The Hall–Kier alpha value is -2.79. The Labute approximate surface area is 183 Å². The zero-order valence-electron chi connectivity index (χ0n) is 17.2. The number of hydrogen-bond donors (Lipinski definition) is 0. The van der Waals surface area contributed by atoms with Crippen molar-refractivity contribution in [2.24, 2.45) is 0 Å². The topological polar surface area (TPSA) is 51.7 Å². The van der Waals surface area contributed by atoms with Gasteiger partial charge in [-0.2, -0.15) is 0 Å². The van der Waals surface area contributed by atoms with Crippen LogP contribution in [0.15, 0.2) is 54.6 Å². The van der Waals surface area contributed by atoms with E-state index >= 15 is 0 Å². The maximum atomic E-state index is 12.2. The Balaban J connectivity index is 0.00000256. The van der Waals surface area contributed by atoms with Gasteiger partial charge in [0.2, 0.25) is 0 Å². The molecular formula is C24H27ClN2O3. The van der Waals surface area contributed by atoms with E-state index in [1.54, 1.807) is 4.90 Å². The summed E-state index contributed by atoms with van der Waals surface area (Å²) in [5, 5.41) is 1.03. The van der Waals surface area contributed by atoms with Crippen molar-refractivity contribution in [2.75, 3.05) is 26.3 Å². The number of hydrogen-bond acceptors (Lipinski definition) is 4. The van der Waals surface area contributed by atoms with E-state index < -0.39 is 0 Å². The van der Waals surface area contributed by atoms with E-state index in [-0.39, 0.29) is 18.5 Å². The molecule has 0 N–H and O–H groups in total. The second-order valence-corrected chi connectivity index (χ2v) is 7.15. The van der Waals surface area contributed by atoms with Crippen LogP contribution in [0.5, 0.6) is 5.75 Å². The van der Waals surface area contributed by atoms with Gasteiger partial charge >= 0.3 is 6.09 Å². The summed E-state index contributed by atoms with van der Waals surface area (Å²) in [4.78, 5) is 18.9. The zero-order valence-corrected chi connectivity index (χ0v) is 18.0. The SMILES string of the molecule is CCOC(=O)N1CCc2nc3ccccc3c(OCCc3ccccc3)c2CC1.Cl. The number of aromatic nitrogens is 1. The van der Waals surface area contributed by atoms with Crippen LogP contribution in [0.1, 0.15) is 23.7 Å². The molecule has 0 spiro atoms.